The first-order valence-corrected chi connectivity index (χ1v) is 17.5. The molecule has 6 aromatic carbocycles. The predicted octanol–water partition coefficient (Wildman–Crippen LogP) is 7.23. The molecule has 0 fully saturated rings. The zero-order chi connectivity index (χ0) is 36.7. The van der Waals surface area contributed by atoms with Gasteiger partial charge in [0.2, 0.25) is 0 Å². The monoisotopic (exact) mass is 775 g/mol. The molecule has 0 aromatic heterocycles. The Balaban J connectivity index is 0.00000314. The molecule has 0 saturated heterocycles. The van der Waals surface area contributed by atoms with Gasteiger partial charge in [-0.05, 0) is 71.1 Å². The molecular weight excluding hydrogens is 749 g/mol. The second kappa shape index (κ2) is 16.5. The summed E-state index contributed by atoms with van der Waals surface area (Å²) >= 11 is 0. The Morgan fingerprint density at radius 1 is 0.566 bits per heavy atom. The number of phenols is 2. The molecule has 2 radical (unpaired) electrons. The fourth-order valence-electron chi connectivity index (χ4n) is 5.36. The molecule has 0 saturated carbocycles. The summed E-state index contributed by atoms with van der Waals surface area (Å²) in [4.78, 5) is -1.11. The number of hydrogen-bond donors (Lipinski definition) is 5. The number of aromatic hydroxyl groups is 2. The molecular formula is C34H27N5Na2O10S2. The molecule has 0 heterocycles. The van der Waals surface area contributed by atoms with Crippen LogP contribution in [0.3, 0.4) is 0 Å². The van der Waals surface area contributed by atoms with Crippen LogP contribution in [0.1, 0.15) is 0 Å². The van der Waals surface area contributed by atoms with Gasteiger partial charge in [-0.25, -0.2) is 0 Å². The SMILES string of the molecule is COc1cc(-c2ccc(N=Nc3c(S(=O)(=O)O)cc4cc(N)ccc4c3O)c(OC)c2)ccc1N=Nc1cc(S(=O)(=O)O)c2ccccc2c1O.[Na].[Na]. The number of nitrogens with zero attached hydrogens (tertiary/aromatic N) is 4. The summed E-state index contributed by atoms with van der Waals surface area (Å²) in [5.74, 6) is -0.377. The predicted molar refractivity (Wildman–Crippen MR) is 200 cm³/mol. The van der Waals surface area contributed by atoms with Gasteiger partial charge in [0, 0.05) is 81.0 Å². The van der Waals surface area contributed by atoms with Crippen molar-refractivity contribution < 1.29 is 45.6 Å². The molecule has 0 spiro atoms. The maximum atomic E-state index is 12.2. The van der Waals surface area contributed by atoms with Gasteiger partial charge in [0.1, 0.15) is 44.0 Å². The first-order chi connectivity index (χ1) is 24.2. The molecule has 0 amide bonds. The van der Waals surface area contributed by atoms with Crippen LogP contribution in [0.15, 0.2) is 121 Å². The quantitative estimate of drug-likeness (QED) is 0.0424. The summed E-state index contributed by atoms with van der Waals surface area (Å²) in [6.07, 6.45) is 0. The molecule has 19 heteroatoms. The second-order valence-corrected chi connectivity index (χ2v) is 13.7. The molecule has 6 N–H and O–H groups in total. The van der Waals surface area contributed by atoms with Gasteiger partial charge in [0.15, 0.2) is 11.5 Å². The Kier molecular flexibility index (Phi) is 12.9. The average molecular weight is 776 g/mol. The first-order valence-electron chi connectivity index (χ1n) is 14.6. The number of phenolic OH excluding ortho intramolecular Hbond substituents is 2. The Morgan fingerprint density at radius 2 is 1.09 bits per heavy atom. The summed E-state index contributed by atoms with van der Waals surface area (Å²) in [7, 11) is -6.69. The Hall–Kier alpha value is -4.14. The van der Waals surface area contributed by atoms with Crippen LogP contribution in [0.5, 0.6) is 23.0 Å². The van der Waals surface area contributed by atoms with E-state index in [0.29, 0.717) is 16.8 Å². The number of ether oxygens (including phenoxy) is 2. The zero-order valence-electron chi connectivity index (χ0n) is 28.6. The van der Waals surface area contributed by atoms with Crippen LogP contribution in [0.4, 0.5) is 28.4 Å². The van der Waals surface area contributed by atoms with Crippen molar-refractivity contribution in [1.29, 1.82) is 0 Å². The third-order valence-corrected chi connectivity index (χ3v) is 9.57. The number of nitrogen functional groups attached to an aromatic ring is 1. The standard InChI is InChI=1S/C34H27N5O10S2.2Na/c1-48-28-14-18(7-11-25(28)36-38-27-17-30(50(42,43)44)23-5-3-4-6-24(23)33(27)40)19-8-12-26(29(15-19)49-2)37-39-32-31(51(45,46)47)16-20-13-21(35)9-10-22(20)34(32)41;;/h3-17,40-41H,35H2,1-2H3,(H,42,43,44)(H,45,46,47);;. The van der Waals surface area contributed by atoms with Gasteiger partial charge < -0.3 is 25.4 Å². The maximum Gasteiger partial charge on any atom is 0.296 e. The molecule has 6 aromatic rings. The van der Waals surface area contributed by atoms with E-state index >= 15 is 0 Å². The Morgan fingerprint density at radius 3 is 1.64 bits per heavy atom. The molecule has 0 aliphatic carbocycles. The molecule has 0 unspecified atom stereocenters. The van der Waals surface area contributed by atoms with Crippen LogP contribution >= 0.6 is 0 Å². The molecule has 0 bridgehead atoms. The van der Waals surface area contributed by atoms with Crippen molar-refractivity contribution in [1.82, 2.24) is 0 Å². The van der Waals surface area contributed by atoms with Gasteiger partial charge in [-0.15, -0.1) is 20.5 Å². The molecule has 262 valence electrons. The minimum Gasteiger partial charge on any atom is -0.505 e. The molecule has 0 aliphatic rings. The Labute approximate surface area is 347 Å². The average Bonchev–Trinajstić information content (AvgIpc) is 3.09. The minimum absolute atomic E-state index is 0. The first kappa shape index (κ1) is 41.6. The van der Waals surface area contributed by atoms with E-state index in [0.717, 1.165) is 12.1 Å². The summed E-state index contributed by atoms with van der Waals surface area (Å²) in [6, 6.07) is 22.4. The summed E-state index contributed by atoms with van der Waals surface area (Å²) in [6.45, 7) is 0. The summed E-state index contributed by atoms with van der Waals surface area (Å²) < 4.78 is 79.2. The number of fused-ring (bicyclic) bond motifs is 2. The smallest absolute Gasteiger partial charge is 0.296 e. The van der Waals surface area contributed by atoms with Gasteiger partial charge in [0.05, 0.1) is 14.2 Å². The van der Waals surface area contributed by atoms with E-state index in [4.69, 9.17) is 15.2 Å². The van der Waals surface area contributed by atoms with Crippen LogP contribution in [-0.2, 0) is 20.2 Å². The maximum absolute atomic E-state index is 12.2. The molecule has 15 nitrogen and oxygen atoms in total. The normalized spacial score (nSPS) is 11.8. The number of hydrogen-bond acceptors (Lipinski definition) is 13. The number of anilines is 1. The van der Waals surface area contributed by atoms with E-state index in [1.54, 1.807) is 48.5 Å². The van der Waals surface area contributed by atoms with Crippen molar-refractivity contribution in [2.75, 3.05) is 20.0 Å². The third-order valence-electron chi connectivity index (χ3n) is 7.80. The van der Waals surface area contributed by atoms with Crippen LogP contribution in [0.25, 0.3) is 32.7 Å². The van der Waals surface area contributed by atoms with Crippen molar-refractivity contribution in [3.8, 4) is 34.1 Å². The number of methoxy groups -OCH3 is 2. The van der Waals surface area contributed by atoms with E-state index in [-0.39, 0.29) is 115 Å². The van der Waals surface area contributed by atoms with Gasteiger partial charge in [0.25, 0.3) is 20.2 Å². The number of rotatable bonds is 9. The molecule has 0 atom stereocenters. The van der Waals surface area contributed by atoms with Gasteiger partial charge >= 0.3 is 0 Å². The van der Waals surface area contributed by atoms with Gasteiger partial charge in [-0.3, -0.25) is 9.11 Å². The molecule has 53 heavy (non-hydrogen) atoms. The number of benzene rings is 6. The van der Waals surface area contributed by atoms with Crippen molar-refractivity contribution in [3.05, 3.63) is 91.0 Å². The summed E-state index contributed by atoms with van der Waals surface area (Å²) in [5, 5.41) is 38.7. The van der Waals surface area contributed by atoms with E-state index in [2.05, 4.69) is 20.5 Å². The van der Waals surface area contributed by atoms with E-state index in [1.165, 1.54) is 44.6 Å². The van der Waals surface area contributed by atoms with E-state index in [9.17, 15) is 36.2 Å². The summed E-state index contributed by atoms with van der Waals surface area (Å²) in [5.41, 5.74) is 7.07. The van der Waals surface area contributed by atoms with E-state index < -0.39 is 41.5 Å². The van der Waals surface area contributed by atoms with E-state index in [1.807, 2.05) is 0 Å². The fraction of sp³-hybridized carbons (Fsp3) is 0.0588. The number of azo groups is 2. The molecule has 0 aliphatic heterocycles. The van der Waals surface area contributed by atoms with Gasteiger partial charge in [-0.1, -0.05) is 36.4 Å². The zero-order valence-corrected chi connectivity index (χ0v) is 34.2. The van der Waals surface area contributed by atoms with Crippen molar-refractivity contribution in [3.63, 3.8) is 0 Å². The van der Waals surface area contributed by atoms with Crippen molar-refractivity contribution >= 4 is 129 Å². The number of nitrogens with two attached hydrogens (primary N) is 1. The van der Waals surface area contributed by atoms with Gasteiger partial charge in [-0.2, -0.15) is 16.8 Å². The third kappa shape index (κ3) is 8.65. The van der Waals surface area contributed by atoms with Crippen LogP contribution in [-0.4, -0.2) is 109 Å². The van der Waals surface area contributed by atoms with Crippen LogP contribution < -0.4 is 15.2 Å². The largest absolute Gasteiger partial charge is 0.505 e. The fourth-order valence-corrected chi connectivity index (χ4v) is 6.73. The second-order valence-electron chi connectivity index (χ2n) is 11.0. The van der Waals surface area contributed by atoms with Crippen LogP contribution in [0, 0.1) is 0 Å². The Bertz CT molecular complexity index is 2680. The van der Waals surface area contributed by atoms with Crippen molar-refractivity contribution in [2.45, 2.75) is 9.79 Å². The minimum atomic E-state index is -4.83. The molecule has 6 rings (SSSR count). The van der Waals surface area contributed by atoms with Crippen LogP contribution in [0.2, 0.25) is 0 Å². The van der Waals surface area contributed by atoms with Crippen molar-refractivity contribution in [2.24, 2.45) is 20.5 Å². The topological polar surface area (TPSA) is 243 Å².